The van der Waals surface area contributed by atoms with Crippen molar-refractivity contribution in [2.75, 3.05) is 45.8 Å². The Morgan fingerprint density at radius 2 is 1.79 bits per heavy atom. The van der Waals surface area contributed by atoms with Crippen LogP contribution in [0.3, 0.4) is 0 Å². The smallest absolute Gasteiger partial charge is 0.277 e. The fourth-order valence-electron chi connectivity index (χ4n) is 5.08. The number of benzene rings is 1. The maximum Gasteiger partial charge on any atom is 0.277 e. The summed E-state index contributed by atoms with van der Waals surface area (Å²) in [6.07, 6.45) is 6.79. The normalized spacial score (nSPS) is 26.2. The molecule has 0 radical (unpaired) electrons. The van der Waals surface area contributed by atoms with Crippen LogP contribution >= 0.6 is 0 Å². The second-order valence-electron chi connectivity index (χ2n) is 9.05. The number of carbonyl (C=O) groups is 1. The SMILES string of the molecule is C[C@@H]1CCC[NH+](CC(=O)N2CCN(S(=O)(=O)c3ccc4c(c3)CCCC4)CC2)C1. The monoisotopic (exact) mass is 420 g/mol. The minimum absolute atomic E-state index is 0.167. The summed E-state index contributed by atoms with van der Waals surface area (Å²) in [7, 11) is -3.49. The van der Waals surface area contributed by atoms with Crippen molar-refractivity contribution in [1.82, 2.24) is 9.21 Å². The third kappa shape index (κ3) is 4.67. The average molecular weight is 421 g/mol. The van der Waals surface area contributed by atoms with E-state index in [1.165, 1.54) is 35.3 Å². The quantitative estimate of drug-likeness (QED) is 0.781. The van der Waals surface area contributed by atoms with Gasteiger partial charge in [-0.1, -0.05) is 13.0 Å². The summed E-state index contributed by atoms with van der Waals surface area (Å²) >= 11 is 0. The first kappa shape index (κ1) is 20.8. The van der Waals surface area contributed by atoms with Crippen molar-refractivity contribution in [2.24, 2.45) is 5.92 Å². The summed E-state index contributed by atoms with van der Waals surface area (Å²) in [5.74, 6) is 0.852. The Kier molecular flexibility index (Phi) is 6.27. The summed E-state index contributed by atoms with van der Waals surface area (Å²) in [5, 5.41) is 0. The van der Waals surface area contributed by atoms with Crippen LogP contribution in [-0.2, 0) is 27.7 Å². The van der Waals surface area contributed by atoms with E-state index >= 15 is 0 Å². The first-order chi connectivity index (χ1) is 13.9. The highest BCUT2D eigenvalue weighted by molar-refractivity contribution is 7.89. The third-order valence-electron chi connectivity index (χ3n) is 6.81. The van der Waals surface area contributed by atoms with E-state index in [-0.39, 0.29) is 5.91 Å². The minimum atomic E-state index is -3.49. The molecule has 1 aromatic carbocycles. The van der Waals surface area contributed by atoms with Crippen molar-refractivity contribution in [3.63, 3.8) is 0 Å². The number of rotatable bonds is 4. The molecule has 2 aliphatic heterocycles. The lowest BCUT2D eigenvalue weighted by atomic mass is 9.92. The molecule has 4 rings (SSSR count). The second kappa shape index (κ2) is 8.74. The van der Waals surface area contributed by atoms with E-state index in [0.717, 1.165) is 32.4 Å². The van der Waals surface area contributed by atoms with Crippen LogP contribution in [0.2, 0.25) is 0 Å². The third-order valence-corrected chi connectivity index (χ3v) is 8.71. The van der Waals surface area contributed by atoms with E-state index in [0.29, 0.717) is 43.5 Å². The molecule has 3 aliphatic rings. The van der Waals surface area contributed by atoms with Crippen molar-refractivity contribution in [3.8, 4) is 0 Å². The number of nitrogens with zero attached hydrogens (tertiary/aromatic N) is 2. The molecule has 2 fully saturated rings. The lowest BCUT2D eigenvalue weighted by Gasteiger charge is -2.35. The molecular weight excluding hydrogens is 386 g/mol. The molecule has 2 heterocycles. The number of fused-ring (bicyclic) bond motifs is 1. The molecule has 29 heavy (non-hydrogen) atoms. The number of aryl methyl sites for hydroxylation is 2. The van der Waals surface area contributed by atoms with E-state index in [1.807, 2.05) is 17.0 Å². The molecule has 1 unspecified atom stereocenters. The van der Waals surface area contributed by atoms with Crippen LogP contribution in [0.15, 0.2) is 23.1 Å². The number of likely N-dealkylation sites (tertiary alicyclic amines) is 1. The Morgan fingerprint density at radius 1 is 1.07 bits per heavy atom. The van der Waals surface area contributed by atoms with Gasteiger partial charge in [-0.15, -0.1) is 0 Å². The van der Waals surface area contributed by atoms with Crippen LogP contribution in [0.1, 0.15) is 43.7 Å². The Morgan fingerprint density at radius 3 is 2.52 bits per heavy atom. The highest BCUT2D eigenvalue weighted by Gasteiger charge is 2.32. The Labute approximate surface area is 174 Å². The average Bonchev–Trinajstić information content (AvgIpc) is 2.73. The van der Waals surface area contributed by atoms with Gasteiger partial charge in [0.1, 0.15) is 0 Å². The lowest BCUT2D eigenvalue weighted by Crippen LogP contribution is -3.14. The summed E-state index contributed by atoms with van der Waals surface area (Å²) in [5.41, 5.74) is 2.48. The zero-order valence-electron chi connectivity index (χ0n) is 17.5. The molecule has 0 aromatic heterocycles. The number of nitrogens with one attached hydrogen (secondary N) is 1. The molecule has 0 bridgehead atoms. The van der Waals surface area contributed by atoms with Gasteiger partial charge in [-0.2, -0.15) is 4.31 Å². The summed E-state index contributed by atoms with van der Waals surface area (Å²) < 4.78 is 27.8. The van der Waals surface area contributed by atoms with Crippen molar-refractivity contribution in [3.05, 3.63) is 29.3 Å². The fraction of sp³-hybridized carbons (Fsp3) is 0.682. The van der Waals surface area contributed by atoms with E-state index in [1.54, 1.807) is 10.4 Å². The molecule has 160 valence electrons. The molecule has 1 N–H and O–H groups in total. The molecule has 0 saturated carbocycles. The zero-order chi connectivity index (χ0) is 20.4. The number of carbonyl (C=O) groups excluding carboxylic acids is 1. The van der Waals surface area contributed by atoms with Crippen LogP contribution in [0.4, 0.5) is 0 Å². The number of amides is 1. The molecular formula is C22H34N3O3S+. The fourth-order valence-corrected chi connectivity index (χ4v) is 6.55. The molecule has 0 spiro atoms. The highest BCUT2D eigenvalue weighted by atomic mass is 32.2. The molecule has 2 saturated heterocycles. The van der Waals surface area contributed by atoms with Crippen LogP contribution in [0, 0.1) is 5.92 Å². The zero-order valence-corrected chi connectivity index (χ0v) is 18.3. The Bertz CT molecular complexity index is 847. The lowest BCUT2D eigenvalue weighted by molar-refractivity contribution is -0.900. The van der Waals surface area contributed by atoms with Gasteiger partial charge in [-0.05, 0) is 61.8 Å². The maximum absolute atomic E-state index is 13.1. The molecule has 7 heteroatoms. The number of quaternary nitrogens is 1. The van der Waals surface area contributed by atoms with Crippen molar-refractivity contribution in [1.29, 1.82) is 0 Å². The van der Waals surface area contributed by atoms with E-state index in [9.17, 15) is 13.2 Å². The van der Waals surface area contributed by atoms with Crippen molar-refractivity contribution >= 4 is 15.9 Å². The Balaban J connectivity index is 1.35. The first-order valence-corrected chi connectivity index (χ1v) is 12.6. The number of hydrogen-bond donors (Lipinski definition) is 1. The van der Waals surface area contributed by atoms with Gasteiger partial charge >= 0.3 is 0 Å². The van der Waals surface area contributed by atoms with E-state index in [4.69, 9.17) is 0 Å². The minimum Gasteiger partial charge on any atom is -0.335 e. The summed E-state index contributed by atoms with van der Waals surface area (Å²) in [6, 6.07) is 5.63. The van der Waals surface area contributed by atoms with Crippen molar-refractivity contribution in [2.45, 2.75) is 50.3 Å². The van der Waals surface area contributed by atoms with Gasteiger partial charge in [-0.3, -0.25) is 4.79 Å². The predicted molar refractivity (Wildman–Crippen MR) is 112 cm³/mol. The van der Waals surface area contributed by atoms with E-state index in [2.05, 4.69) is 6.92 Å². The standard InChI is InChI=1S/C22H33N3O3S/c1-18-5-4-10-23(16-18)17-22(26)24-11-13-25(14-12-24)29(27,28)21-9-8-19-6-2-3-7-20(19)15-21/h8-9,15,18H,2-7,10-14,16-17H2,1H3/p+1/t18-/m1/s1. The summed E-state index contributed by atoms with van der Waals surface area (Å²) in [6.45, 7) is 6.70. The largest absolute Gasteiger partial charge is 0.335 e. The number of piperidine rings is 1. The maximum atomic E-state index is 13.1. The van der Waals surface area contributed by atoms with Crippen molar-refractivity contribution < 1.29 is 18.1 Å². The van der Waals surface area contributed by atoms with E-state index < -0.39 is 10.0 Å². The van der Waals surface area contributed by atoms with Crippen LogP contribution in [0.25, 0.3) is 0 Å². The predicted octanol–water partition coefficient (Wildman–Crippen LogP) is 0.713. The molecule has 1 aromatic rings. The highest BCUT2D eigenvalue weighted by Crippen LogP contribution is 2.26. The topological polar surface area (TPSA) is 62.1 Å². The van der Waals surface area contributed by atoms with Gasteiger partial charge in [0, 0.05) is 32.1 Å². The van der Waals surface area contributed by atoms with Crippen LogP contribution in [0.5, 0.6) is 0 Å². The van der Waals surface area contributed by atoms with Crippen LogP contribution in [-0.4, -0.2) is 69.3 Å². The molecule has 1 aliphatic carbocycles. The Hall–Kier alpha value is -1.44. The van der Waals surface area contributed by atoms with Gasteiger partial charge in [0.25, 0.3) is 5.91 Å². The number of piperazine rings is 1. The second-order valence-corrected chi connectivity index (χ2v) is 11.0. The molecule has 1 amide bonds. The number of sulfonamides is 1. The first-order valence-electron chi connectivity index (χ1n) is 11.2. The van der Waals surface area contributed by atoms with Crippen LogP contribution < -0.4 is 4.90 Å². The van der Waals surface area contributed by atoms with Gasteiger partial charge in [0.2, 0.25) is 10.0 Å². The summed E-state index contributed by atoms with van der Waals surface area (Å²) in [4.78, 5) is 16.3. The van der Waals surface area contributed by atoms with Gasteiger partial charge in [-0.25, -0.2) is 8.42 Å². The number of hydrogen-bond acceptors (Lipinski definition) is 3. The molecule has 6 nitrogen and oxygen atoms in total. The van der Waals surface area contributed by atoms with Gasteiger partial charge in [0.05, 0.1) is 18.0 Å². The van der Waals surface area contributed by atoms with Gasteiger partial charge in [0.15, 0.2) is 6.54 Å². The van der Waals surface area contributed by atoms with Gasteiger partial charge < -0.3 is 9.80 Å². The molecule has 2 atom stereocenters.